The van der Waals surface area contributed by atoms with Gasteiger partial charge in [-0.2, -0.15) is 13.2 Å². The summed E-state index contributed by atoms with van der Waals surface area (Å²) in [5, 5.41) is 0. The van der Waals surface area contributed by atoms with Crippen LogP contribution in [0.1, 0.15) is 18.1 Å². The highest BCUT2D eigenvalue weighted by molar-refractivity contribution is 7.99. The molecule has 0 saturated carbocycles. The zero-order valence-corrected chi connectivity index (χ0v) is 16.6. The second-order valence-corrected chi connectivity index (χ2v) is 7.27. The molecule has 6 nitrogen and oxygen atoms in total. The van der Waals surface area contributed by atoms with Crippen molar-refractivity contribution in [3.05, 3.63) is 41.7 Å². The molecule has 0 spiro atoms. The molecule has 3 heterocycles. The van der Waals surface area contributed by atoms with Gasteiger partial charge in [-0.15, -0.1) is 11.8 Å². The number of hydrogen-bond donors (Lipinski definition) is 0. The highest BCUT2D eigenvalue weighted by atomic mass is 32.2. The number of nitrogens with zero attached hydrogens (tertiary/aromatic N) is 4. The van der Waals surface area contributed by atoms with Crippen LogP contribution < -0.4 is 0 Å². The van der Waals surface area contributed by atoms with E-state index in [-0.39, 0.29) is 5.52 Å². The van der Waals surface area contributed by atoms with E-state index < -0.39 is 17.7 Å². The summed E-state index contributed by atoms with van der Waals surface area (Å²) in [6.45, 7) is 1.97. The second kappa shape index (κ2) is 8.24. The molecule has 10 heteroatoms. The van der Waals surface area contributed by atoms with Crippen molar-refractivity contribution in [2.75, 3.05) is 12.9 Å². The Balaban J connectivity index is 2.09. The van der Waals surface area contributed by atoms with Gasteiger partial charge in [-0.1, -0.05) is 6.92 Å². The number of aromatic nitrogens is 4. The molecule has 152 valence electrons. The fraction of sp³-hybridized carbons (Fsp3) is 0.263. The Kier molecular flexibility index (Phi) is 5.92. The number of aryl methyl sites for hydroxylation is 1. The number of methoxy groups -OCH3 is 1. The molecular weight excluding hydrogens is 405 g/mol. The third-order valence-electron chi connectivity index (χ3n) is 4.03. The van der Waals surface area contributed by atoms with Gasteiger partial charge in [-0.25, -0.2) is 14.8 Å². The molecule has 0 aliphatic heterocycles. The van der Waals surface area contributed by atoms with Crippen molar-refractivity contribution in [3.63, 3.8) is 0 Å². The standard InChI is InChI=1S/C19H17F3N4O2S/c1-4-29-14-7-11(5-6-15(27)28-3)9-23-16(14)18-25-13-8-12(19(20,21)22)10-24-17(13)26(18)2/h5-10H,4H2,1-3H3/b6-5+. The maximum Gasteiger partial charge on any atom is 0.417 e. The number of imidazole rings is 1. The predicted molar refractivity (Wildman–Crippen MR) is 104 cm³/mol. The lowest BCUT2D eigenvalue weighted by Crippen LogP contribution is -2.05. The first-order valence-corrected chi connectivity index (χ1v) is 9.52. The predicted octanol–water partition coefficient (Wildman–Crippen LogP) is 4.35. The van der Waals surface area contributed by atoms with Crippen LogP contribution in [0.2, 0.25) is 0 Å². The van der Waals surface area contributed by atoms with Crippen LogP contribution in [-0.2, 0) is 22.8 Å². The highest BCUT2D eigenvalue weighted by Gasteiger charge is 2.32. The molecule has 29 heavy (non-hydrogen) atoms. The van der Waals surface area contributed by atoms with Gasteiger partial charge >= 0.3 is 12.1 Å². The third-order valence-corrected chi connectivity index (χ3v) is 4.95. The Morgan fingerprint density at radius 2 is 2.03 bits per heavy atom. The summed E-state index contributed by atoms with van der Waals surface area (Å²) in [5.41, 5.74) is 0.833. The molecule has 0 amide bonds. The van der Waals surface area contributed by atoms with Crippen molar-refractivity contribution in [1.29, 1.82) is 0 Å². The van der Waals surface area contributed by atoms with Crippen LogP contribution in [0.5, 0.6) is 0 Å². The Bertz CT molecular complexity index is 1090. The topological polar surface area (TPSA) is 69.9 Å². The molecule has 3 aromatic rings. The smallest absolute Gasteiger partial charge is 0.417 e. The van der Waals surface area contributed by atoms with E-state index in [0.717, 1.165) is 22.9 Å². The van der Waals surface area contributed by atoms with Gasteiger partial charge in [0, 0.05) is 30.4 Å². The van der Waals surface area contributed by atoms with Crippen LogP contribution in [-0.4, -0.2) is 38.4 Å². The van der Waals surface area contributed by atoms with E-state index in [9.17, 15) is 18.0 Å². The van der Waals surface area contributed by atoms with Gasteiger partial charge in [-0.05, 0) is 29.5 Å². The lowest BCUT2D eigenvalue weighted by molar-refractivity contribution is -0.138. The largest absolute Gasteiger partial charge is 0.466 e. The first-order valence-electron chi connectivity index (χ1n) is 8.53. The van der Waals surface area contributed by atoms with Crippen LogP contribution in [0.15, 0.2) is 35.5 Å². The minimum absolute atomic E-state index is 0.140. The molecule has 0 N–H and O–H groups in total. The number of alkyl halides is 3. The summed E-state index contributed by atoms with van der Waals surface area (Å²) in [5.74, 6) is 0.672. The van der Waals surface area contributed by atoms with Crippen LogP contribution in [0.3, 0.4) is 0 Å². The Hall–Kier alpha value is -2.88. The molecule has 0 bridgehead atoms. The molecule has 0 aliphatic rings. The maximum absolute atomic E-state index is 13.0. The lowest BCUT2D eigenvalue weighted by atomic mass is 10.2. The SMILES string of the molecule is CCSc1cc(/C=C/C(=O)OC)cnc1-c1nc2cc(C(F)(F)F)cnc2n1C. The molecule has 0 fully saturated rings. The fourth-order valence-corrected chi connectivity index (χ4v) is 3.47. The Labute approximate surface area is 168 Å². The number of rotatable bonds is 5. The summed E-state index contributed by atoms with van der Waals surface area (Å²) in [7, 11) is 2.97. The molecule has 0 aromatic carbocycles. The summed E-state index contributed by atoms with van der Waals surface area (Å²) in [6, 6.07) is 2.82. The van der Waals surface area contributed by atoms with Crippen molar-refractivity contribution >= 4 is 35.0 Å². The van der Waals surface area contributed by atoms with Gasteiger partial charge in [0.2, 0.25) is 0 Å². The Morgan fingerprint density at radius 1 is 1.28 bits per heavy atom. The van der Waals surface area contributed by atoms with Gasteiger partial charge in [-0.3, -0.25) is 4.98 Å². The average molecular weight is 422 g/mol. The van der Waals surface area contributed by atoms with E-state index in [0.29, 0.717) is 22.7 Å². The molecule has 0 saturated heterocycles. The molecule has 3 aromatic heterocycles. The Morgan fingerprint density at radius 3 is 2.69 bits per heavy atom. The van der Waals surface area contributed by atoms with Gasteiger partial charge in [0.25, 0.3) is 0 Å². The molecule has 0 unspecified atom stereocenters. The summed E-state index contributed by atoms with van der Waals surface area (Å²) >= 11 is 1.51. The number of hydrogen-bond acceptors (Lipinski definition) is 6. The van der Waals surface area contributed by atoms with Crippen molar-refractivity contribution in [2.45, 2.75) is 18.0 Å². The van der Waals surface area contributed by atoms with Crippen molar-refractivity contribution in [2.24, 2.45) is 7.05 Å². The summed E-state index contributed by atoms with van der Waals surface area (Å²) in [4.78, 5) is 24.8. The van der Waals surface area contributed by atoms with Crippen LogP contribution >= 0.6 is 11.8 Å². The number of carbonyl (C=O) groups excluding carboxylic acids is 1. The van der Waals surface area contributed by atoms with Crippen LogP contribution in [0, 0.1) is 0 Å². The number of fused-ring (bicyclic) bond motifs is 1. The average Bonchev–Trinajstić information content (AvgIpc) is 3.01. The van der Waals surface area contributed by atoms with E-state index in [4.69, 9.17) is 0 Å². The summed E-state index contributed by atoms with van der Waals surface area (Å²) in [6.07, 6.45) is 0.725. The van der Waals surface area contributed by atoms with Gasteiger partial charge in [0.1, 0.15) is 11.2 Å². The first kappa shape index (κ1) is 20.8. The van der Waals surface area contributed by atoms with Gasteiger partial charge < -0.3 is 9.30 Å². The number of carbonyl (C=O) groups is 1. The molecule has 0 aliphatic carbocycles. The zero-order valence-electron chi connectivity index (χ0n) is 15.8. The normalized spacial score (nSPS) is 12.1. The number of ether oxygens (including phenoxy) is 1. The van der Waals surface area contributed by atoms with Gasteiger partial charge in [0.15, 0.2) is 11.5 Å². The lowest BCUT2D eigenvalue weighted by Gasteiger charge is -2.08. The zero-order chi connectivity index (χ0) is 21.2. The monoisotopic (exact) mass is 422 g/mol. The van der Waals surface area contributed by atoms with Crippen molar-refractivity contribution in [3.8, 4) is 11.5 Å². The van der Waals surface area contributed by atoms with Crippen LogP contribution in [0.4, 0.5) is 13.2 Å². The van der Waals surface area contributed by atoms with E-state index in [1.807, 2.05) is 13.0 Å². The quantitative estimate of drug-likeness (QED) is 0.346. The number of thioether (sulfide) groups is 1. The third kappa shape index (κ3) is 4.42. The summed E-state index contributed by atoms with van der Waals surface area (Å²) < 4.78 is 45.1. The molecule has 0 radical (unpaired) electrons. The van der Waals surface area contributed by atoms with E-state index in [1.54, 1.807) is 23.9 Å². The minimum atomic E-state index is -4.49. The molecular formula is C19H17F3N4O2S. The van der Waals surface area contributed by atoms with Gasteiger partial charge in [0.05, 0.1) is 12.7 Å². The van der Waals surface area contributed by atoms with E-state index in [2.05, 4.69) is 19.7 Å². The number of halogens is 3. The fourth-order valence-electron chi connectivity index (χ4n) is 2.66. The molecule has 3 rings (SSSR count). The van der Waals surface area contributed by atoms with Crippen molar-refractivity contribution < 1.29 is 22.7 Å². The number of pyridine rings is 2. The minimum Gasteiger partial charge on any atom is -0.466 e. The highest BCUT2D eigenvalue weighted by Crippen LogP contribution is 2.34. The molecule has 0 atom stereocenters. The maximum atomic E-state index is 13.0. The van der Waals surface area contributed by atoms with E-state index in [1.165, 1.54) is 24.9 Å². The first-order chi connectivity index (χ1) is 13.7. The van der Waals surface area contributed by atoms with Crippen molar-refractivity contribution in [1.82, 2.24) is 19.5 Å². The van der Waals surface area contributed by atoms with Crippen LogP contribution in [0.25, 0.3) is 28.8 Å². The number of esters is 1. The second-order valence-electron chi connectivity index (χ2n) is 5.96. The van der Waals surface area contributed by atoms with E-state index >= 15 is 0 Å².